The molecule has 0 rings (SSSR count). The number of rotatable bonds is 2. The molecule has 0 aliphatic heterocycles. The monoisotopic (exact) mass is 104 g/mol. The van der Waals surface area contributed by atoms with E-state index < -0.39 is 5.79 Å². The molecule has 1 N–H and O–H groups in total. The maximum Gasteiger partial charge on any atom is 0.161 e. The van der Waals surface area contributed by atoms with Gasteiger partial charge in [0.2, 0.25) is 0 Å². The Morgan fingerprint density at radius 1 is 1.71 bits per heavy atom. The van der Waals surface area contributed by atoms with Crippen LogP contribution in [0, 0.1) is 0 Å². The molecule has 0 aliphatic rings. The van der Waals surface area contributed by atoms with Crippen molar-refractivity contribution in [3.8, 4) is 0 Å². The molecule has 0 fully saturated rings. The Labute approximate surface area is 44.1 Å². The van der Waals surface area contributed by atoms with Gasteiger partial charge in [-0.15, -0.1) is 0 Å². The minimum absolute atomic E-state index is 0.628. The molecule has 2 nitrogen and oxygen atoms in total. The van der Waals surface area contributed by atoms with Crippen LogP contribution >= 0.6 is 0 Å². The van der Waals surface area contributed by atoms with E-state index in [9.17, 15) is 0 Å². The first-order chi connectivity index (χ1) is 3.12. The zero-order valence-electron chi connectivity index (χ0n) is 5.06. The highest BCUT2D eigenvalue weighted by Gasteiger charge is 2.13. The zero-order valence-corrected chi connectivity index (χ0v) is 5.06. The van der Waals surface area contributed by atoms with E-state index in [-0.39, 0.29) is 0 Å². The maximum atomic E-state index is 8.91. The maximum absolute atomic E-state index is 8.91. The lowest BCUT2D eigenvalue weighted by atomic mass is 10.2. The van der Waals surface area contributed by atoms with Gasteiger partial charge in [-0.25, -0.2) is 0 Å². The summed E-state index contributed by atoms with van der Waals surface area (Å²) in [5.41, 5.74) is 0. The molecule has 0 bridgehead atoms. The van der Waals surface area contributed by atoms with Crippen LogP contribution in [0.4, 0.5) is 0 Å². The Balaban J connectivity index is 3.36. The van der Waals surface area contributed by atoms with Gasteiger partial charge in [0, 0.05) is 7.11 Å². The summed E-state index contributed by atoms with van der Waals surface area (Å²) in [6.07, 6.45) is 0.628. The van der Waals surface area contributed by atoms with Crippen LogP contribution in [0.2, 0.25) is 0 Å². The van der Waals surface area contributed by atoms with E-state index in [1.165, 1.54) is 7.11 Å². The van der Waals surface area contributed by atoms with E-state index in [1.807, 2.05) is 6.92 Å². The molecule has 0 amide bonds. The Morgan fingerprint density at radius 2 is 2.14 bits per heavy atom. The molecule has 1 atom stereocenters. The summed E-state index contributed by atoms with van der Waals surface area (Å²) in [6, 6.07) is 0. The molecule has 0 saturated heterocycles. The predicted octanol–water partition coefficient (Wildman–Crippen LogP) is 0.751. The molecule has 1 unspecified atom stereocenters. The van der Waals surface area contributed by atoms with E-state index in [4.69, 9.17) is 5.11 Å². The SMILES string of the molecule is CCC(C)(O)OC. The first-order valence-electron chi connectivity index (χ1n) is 2.40. The molecule has 2 heteroatoms. The zero-order chi connectivity index (χ0) is 5.91. The molecule has 0 saturated carbocycles. The second-order valence-corrected chi connectivity index (χ2v) is 1.73. The molecular formula is C5H12O2. The van der Waals surface area contributed by atoms with Gasteiger partial charge in [-0.3, -0.25) is 0 Å². The minimum Gasteiger partial charge on any atom is -0.366 e. The van der Waals surface area contributed by atoms with Crippen molar-refractivity contribution in [2.24, 2.45) is 0 Å². The van der Waals surface area contributed by atoms with E-state index in [1.54, 1.807) is 6.92 Å². The average Bonchev–Trinajstić information content (AvgIpc) is 1.68. The Bertz CT molecular complexity index is 44.0. The largest absolute Gasteiger partial charge is 0.366 e. The fraction of sp³-hybridized carbons (Fsp3) is 1.00. The molecule has 44 valence electrons. The van der Waals surface area contributed by atoms with Gasteiger partial charge in [0.1, 0.15) is 0 Å². The smallest absolute Gasteiger partial charge is 0.161 e. The number of hydrogen-bond acceptors (Lipinski definition) is 2. The number of aliphatic hydroxyl groups is 1. The molecule has 7 heavy (non-hydrogen) atoms. The number of ether oxygens (including phenoxy) is 1. The van der Waals surface area contributed by atoms with Crippen molar-refractivity contribution in [3.63, 3.8) is 0 Å². The second kappa shape index (κ2) is 2.28. The Morgan fingerprint density at radius 3 is 2.14 bits per heavy atom. The van der Waals surface area contributed by atoms with Gasteiger partial charge < -0.3 is 9.84 Å². The third-order valence-corrected chi connectivity index (χ3v) is 1.10. The van der Waals surface area contributed by atoms with Gasteiger partial charge >= 0.3 is 0 Å². The lowest BCUT2D eigenvalue weighted by Gasteiger charge is -2.17. The van der Waals surface area contributed by atoms with Gasteiger partial charge in [0.25, 0.3) is 0 Å². The lowest BCUT2D eigenvalue weighted by Crippen LogP contribution is -2.24. The minimum atomic E-state index is -0.917. The van der Waals surface area contributed by atoms with Crippen LogP contribution in [0.15, 0.2) is 0 Å². The summed E-state index contributed by atoms with van der Waals surface area (Å²) < 4.78 is 4.64. The van der Waals surface area contributed by atoms with Crippen LogP contribution in [0.5, 0.6) is 0 Å². The fourth-order valence-corrected chi connectivity index (χ4v) is 0.144. The van der Waals surface area contributed by atoms with Crippen LogP contribution < -0.4 is 0 Å². The van der Waals surface area contributed by atoms with Gasteiger partial charge in [-0.1, -0.05) is 6.92 Å². The highest BCUT2D eigenvalue weighted by Crippen LogP contribution is 2.06. The average molecular weight is 104 g/mol. The molecular weight excluding hydrogens is 92.1 g/mol. The first-order valence-corrected chi connectivity index (χ1v) is 2.40. The Kier molecular flexibility index (Phi) is 2.26. The topological polar surface area (TPSA) is 29.5 Å². The number of methoxy groups -OCH3 is 1. The van der Waals surface area contributed by atoms with Crippen molar-refractivity contribution in [1.29, 1.82) is 0 Å². The van der Waals surface area contributed by atoms with Gasteiger partial charge in [-0.2, -0.15) is 0 Å². The standard InChI is InChI=1S/C5H12O2/c1-4-5(2,6)7-3/h6H,4H2,1-3H3. The van der Waals surface area contributed by atoms with Gasteiger partial charge in [-0.05, 0) is 13.3 Å². The summed E-state index contributed by atoms with van der Waals surface area (Å²) in [4.78, 5) is 0. The van der Waals surface area contributed by atoms with Crippen molar-refractivity contribution in [1.82, 2.24) is 0 Å². The van der Waals surface area contributed by atoms with Crippen molar-refractivity contribution in [2.45, 2.75) is 26.1 Å². The quantitative estimate of drug-likeness (QED) is 0.524. The van der Waals surface area contributed by atoms with Crippen molar-refractivity contribution in [3.05, 3.63) is 0 Å². The molecule has 0 aromatic carbocycles. The van der Waals surface area contributed by atoms with Crippen molar-refractivity contribution < 1.29 is 9.84 Å². The molecule has 0 heterocycles. The van der Waals surface area contributed by atoms with Crippen LogP contribution in [0.1, 0.15) is 20.3 Å². The third-order valence-electron chi connectivity index (χ3n) is 1.10. The summed E-state index contributed by atoms with van der Waals surface area (Å²) >= 11 is 0. The fourth-order valence-electron chi connectivity index (χ4n) is 0.144. The highest BCUT2D eigenvalue weighted by molar-refractivity contribution is 4.51. The summed E-state index contributed by atoms with van der Waals surface area (Å²) in [5.74, 6) is -0.917. The molecule has 0 radical (unpaired) electrons. The predicted molar refractivity (Wildman–Crippen MR) is 27.9 cm³/mol. The second-order valence-electron chi connectivity index (χ2n) is 1.73. The van der Waals surface area contributed by atoms with Crippen LogP contribution in [0.3, 0.4) is 0 Å². The third kappa shape index (κ3) is 2.60. The molecule has 0 spiro atoms. The van der Waals surface area contributed by atoms with E-state index >= 15 is 0 Å². The number of hydrogen-bond donors (Lipinski definition) is 1. The van der Waals surface area contributed by atoms with E-state index in [0.29, 0.717) is 6.42 Å². The Hall–Kier alpha value is -0.0800. The molecule has 0 aromatic rings. The van der Waals surface area contributed by atoms with E-state index in [0.717, 1.165) is 0 Å². The van der Waals surface area contributed by atoms with Crippen LogP contribution in [0.25, 0.3) is 0 Å². The lowest BCUT2D eigenvalue weighted by molar-refractivity contribution is -0.171. The van der Waals surface area contributed by atoms with Crippen LogP contribution in [-0.2, 0) is 4.74 Å². The summed E-state index contributed by atoms with van der Waals surface area (Å²) in [5, 5.41) is 8.91. The molecule has 0 aliphatic carbocycles. The van der Waals surface area contributed by atoms with Gasteiger partial charge in [0.05, 0.1) is 0 Å². The van der Waals surface area contributed by atoms with Crippen molar-refractivity contribution in [2.75, 3.05) is 7.11 Å². The van der Waals surface area contributed by atoms with Gasteiger partial charge in [0.15, 0.2) is 5.79 Å². The molecule has 0 aromatic heterocycles. The van der Waals surface area contributed by atoms with E-state index in [2.05, 4.69) is 4.74 Å². The highest BCUT2D eigenvalue weighted by atomic mass is 16.6. The first kappa shape index (κ1) is 6.92. The van der Waals surface area contributed by atoms with Crippen LogP contribution in [-0.4, -0.2) is 18.0 Å². The summed E-state index contributed by atoms with van der Waals surface area (Å²) in [7, 11) is 1.49. The summed E-state index contributed by atoms with van der Waals surface area (Å²) in [6.45, 7) is 3.50. The van der Waals surface area contributed by atoms with Crippen molar-refractivity contribution >= 4 is 0 Å². The normalized spacial score (nSPS) is 18.9.